The average Bonchev–Trinajstić information content (AvgIpc) is 1.86. The molecule has 0 aliphatic rings. The molecule has 68 valence electrons. The van der Waals surface area contributed by atoms with E-state index in [1.54, 1.807) is 0 Å². The van der Waals surface area contributed by atoms with Crippen LogP contribution in [0.4, 0.5) is 0 Å². The number of hydrogen-bond acceptors (Lipinski definition) is 1. The van der Waals surface area contributed by atoms with Gasteiger partial charge in [-0.1, -0.05) is 34.1 Å². The van der Waals surface area contributed by atoms with Gasteiger partial charge >= 0.3 is 0 Å². The van der Waals surface area contributed by atoms with E-state index in [0.29, 0.717) is 11.8 Å². The molecule has 0 aromatic heterocycles. The summed E-state index contributed by atoms with van der Waals surface area (Å²) in [5, 5.41) is 9.95. The van der Waals surface area contributed by atoms with Crippen molar-refractivity contribution in [3.05, 3.63) is 0 Å². The Balaban J connectivity index is 4.05. The lowest BCUT2D eigenvalue weighted by Gasteiger charge is -2.32. The Morgan fingerprint density at radius 3 is 2.00 bits per heavy atom. The van der Waals surface area contributed by atoms with Crippen molar-refractivity contribution in [2.45, 2.75) is 53.1 Å². The molecule has 1 nitrogen and oxygen atoms in total. The minimum Gasteiger partial charge on any atom is -0.390 e. The van der Waals surface area contributed by atoms with Crippen LogP contribution in [-0.4, -0.2) is 10.7 Å². The first-order valence-corrected chi connectivity index (χ1v) is 4.64. The van der Waals surface area contributed by atoms with Crippen LogP contribution >= 0.6 is 0 Å². The second-order valence-electron chi connectivity index (χ2n) is 4.14. The van der Waals surface area contributed by atoms with Crippen LogP contribution in [0, 0.1) is 11.8 Å². The van der Waals surface area contributed by atoms with Crippen LogP contribution in [-0.2, 0) is 0 Å². The van der Waals surface area contributed by atoms with E-state index in [-0.39, 0.29) is 0 Å². The summed E-state index contributed by atoms with van der Waals surface area (Å²) in [5.41, 5.74) is -0.469. The fourth-order valence-corrected chi connectivity index (χ4v) is 1.45. The van der Waals surface area contributed by atoms with Gasteiger partial charge in [-0.05, 0) is 25.2 Å². The predicted molar refractivity (Wildman–Crippen MR) is 49.5 cm³/mol. The fraction of sp³-hybridized carbons (Fsp3) is 1.00. The lowest BCUT2D eigenvalue weighted by atomic mass is 9.80. The zero-order chi connectivity index (χ0) is 9.07. The molecule has 0 saturated carbocycles. The molecule has 0 fully saturated rings. The van der Waals surface area contributed by atoms with Crippen molar-refractivity contribution < 1.29 is 5.11 Å². The molecule has 0 heterocycles. The summed E-state index contributed by atoms with van der Waals surface area (Å²) in [6.07, 6.45) is 1.97. The third kappa shape index (κ3) is 3.24. The topological polar surface area (TPSA) is 20.2 Å². The summed E-state index contributed by atoms with van der Waals surface area (Å²) in [4.78, 5) is 0. The normalized spacial score (nSPS) is 19.9. The van der Waals surface area contributed by atoms with Gasteiger partial charge in [-0.25, -0.2) is 0 Å². The monoisotopic (exact) mass is 158 g/mol. The van der Waals surface area contributed by atoms with Crippen molar-refractivity contribution in [2.75, 3.05) is 0 Å². The standard InChI is InChI=1S/C10H22O/c1-6-7-10(5,11)9(4)8(2)3/h8-9,11H,6-7H2,1-5H3. The van der Waals surface area contributed by atoms with Crippen molar-refractivity contribution >= 4 is 0 Å². The highest BCUT2D eigenvalue weighted by Crippen LogP contribution is 2.28. The summed E-state index contributed by atoms with van der Waals surface area (Å²) in [6, 6.07) is 0. The van der Waals surface area contributed by atoms with Gasteiger partial charge in [-0.15, -0.1) is 0 Å². The van der Waals surface area contributed by atoms with Crippen LogP contribution in [0.1, 0.15) is 47.5 Å². The summed E-state index contributed by atoms with van der Waals surface area (Å²) in [7, 11) is 0. The van der Waals surface area contributed by atoms with E-state index in [0.717, 1.165) is 12.8 Å². The van der Waals surface area contributed by atoms with E-state index in [2.05, 4.69) is 27.7 Å². The zero-order valence-corrected chi connectivity index (χ0v) is 8.52. The van der Waals surface area contributed by atoms with Gasteiger partial charge < -0.3 is 5.11 Å². The Labute approximate surface area is 70.8 Å². The number of aliphatic hydroxyl groups is 1. The molecule has 1 N–H and O–H groups in total. The third-order valence-corrected chi connectivity index (χ3v) is 2.74. The zero-order valence-electron chi connectivity index (χ0n) is 8.52. The van der Waals surface area contributed by atoms with Gasteiger partial charge in [0.25, 0.3) is 0 Å². The smallest absolute Gasteiger partial charge is 0.0647 e. The summed E-state index contributed by atoms with van der Waals surface area (Å²) >= 11 is 0. The van der Waals surface area contributed by atoms with E-state index in [9.17, 15) is 5.11 Å². The average molecular weight is 158 g/mol. The molecular weight excluding hydrogens is 136 g/mol. The van der Waals surface area contributed by atoms with E-state index in [1.807, 2.05) is 6.92 Å². The minimum absolute atomic E-state index is 0.391. The maximum atomic E-state index is 9.95. The molecule has 1 heteroatoms. The van der Waals surface area contributed by atoms with Crippen LogP contribution in [0.3, 0.4) is 0 Å². The molecule has 0 aromatic carbocycles. The van der Waals surface area contributed by atoms with Crippen LogP contribution in [0.15, 0.2) is 0 Å². The summed E-state index contributed by atoms with van der Waals surface area (Å²) in [6.45, 7) is 10.5. The van der Waals surface area contributed by atoms with Gasteiger partial charge in [0.05, 0.1) is 5.60 Å². The minimum atomic E-state index is -0.469. The molecule has 11 heavy (non-hydrogen) atoms. The first-order chi connectivity index (χ1) is 4.91. The highest BCUT2D eigenvalue weighted by Gasteiger charge is 2.28. The van der Waals surface area contributed by atoms with Crippen LogP contribution in [0.2, 0.25) is 0 Å². The van der Waals surface area contributed by atoms with Crippen molar-refractivity contribution in [1.82, 2.24) is 0 Å². The van der Waals surface area contributed by atoms with Gasteiger partial charge in [-0.2, -0.15) is 0 Å². The molecule has 0 spiro atoms. The molecule has 0 aliphatic heterocycles. The Kier molecular flexibility index (Phi) is 4.09. The Bertz CT molecular complexity index is 105. The van der Waals surface area contributed by atoms with E-state index < -0.39 is 5.60 Å². The Morgan fingerprint density at radius 1 is 1.27 bits per heavy atom. The van der Waals surface area contributed by atoms with Crippen molar-refractivity contribution in [2.24, 2.45) is 11.8 Å². The maximum Gasteiger partial charge on any atom is 0.0647 e. The van der Waals surface area contributed by atoms with Crippen molar-refractivity contribution in [1.29, 1.82) is 0 Å². The van der Waals surface area contributed by atoms with Crippen LogP contribution < -0.4 is 0 Å². The van der Waals surface area contributed by atoms with Gasteiger partial charge in [0.2, 0.25) is 0 Å². The molecule has 0 amide bonds. The highest BCUT2D eigenvalue weighted by atomic mass is 16.3. The van der Waals surface area contributed by atoms with Gasteiger partial charge in [0.1, 0.15) is 0 Å². The van der Waals surface area contributed by atoms with Gasteiger partial charge in [0.15, 0.2) is 0 Å². The van der Waals surface area contributed by atoms with Crippen molar-refractivity contribution in [3.8, 4) is 0 Å². The summed E-state index contributed by atoms with van der Waals surface area (Å²) in [5.74, 6) is 0.957. The second-order valence-corrected chi connectivity index (χ2v) is 4.14. The first-order valence-electron chi connectivity index (χ1n) is 4.64. The molecule has 0 aromatic rings. The van der Waals surface area contributed by atoms with Crippen molar-refractivity contribution in [3.63, 3.8) is 0 Å². The van der Waals surface area contributed by atoms with Crippen LogP contribution in [0.25, 0.3) is 0 Å². The molecule has 2 unspecified atom stereocenters. The SMILES string of the molecule is CCCC(C)(O)C(C)C(C)C. The van der Waals surface area contributed by atoms with Gasteiger partial charge in [0, 0.05) is 0 Å². The molecule has 0 aliphatic carbocycles. The largest absolute Gasteiger partial charge is 0.390 e. The van der Waals surface area contributed by atoms with E-state index in [1.165, 1.54) is 0 Å². The lowest BCUT2D eigenvalue weighted by Crippen LogP contribution is -2.35. The fourth-order valence-electron chi connectivity index (χ4n) is 1.45. The van der Waals surface area contributed by atoms with E-state index >= 15 is 0 Å². The van der Waals surface area contributed by atoms with Gasteiger partial charge in [-0.3, -0.25) is 0 Å². The Morgan fingerprint density at radius 2 is 1.73 bits per heavy atom. The molecule has 0 saturated heterocycles. The van der Waals surface area contributed by atoms with Crippen LogP contribution in [0.5, 0.6) is 0 Å². The molecular formula is C10H22O. The molecule has 0 rings (SSSR count). The maximum absolute atomic E-state index is 9.95. The third-order valence-electron chi connectivity index (χ3n) is 2.74. The molecule has 2 atom stereocenters. The first kappa shape index (κ1) is 11.0. The second kappa shape index (κ2) is 4.10. The molecule has 0 radical (unpaired) electrons. The van der Waals surface area contributed by atoms with E-state index in [4.69, 9.17) is 0 Å². The number of hydrogen-bond donors (Lipinski definition) is 1. The lowest BCUT2D eigenvalue weighted by molar-refractivity contribution is -0.0201. The quantitative estimate of drug-likeness (QED) is 0.667. The molecule has 0 bridgehead atoms. The summed E-state index contributed by atoms with van der Waals surface area (Å²) < 4.78 is 0. The highest BCUT2D eigenvalue weighted by molar-refractivity contribution is 4.80. The number of rotatable bonds is 4. The predicted octanol–water partition coefficient (Wildman–Crippen LogP) is 2.83. The Hall–Kier alpha value is -0.0400.